The van der Waals surface area contributed by atoms with E-state index in [1.165, 1.54) is 4.90 Å². The van der Waals surface area contributed by atoms with Crippen molar-refractivity contribution in [2.45, 2.75) is 13.5 Å². The third-order valence-electron chi connectivity index (χ3n) is 1.77. The van der Waals surface area contributed by atoms with Gasteiger partial charge in [-0.2, -0.15) is 0 Å². The van der Waals surface area contributed by atoms with Crippen LogP contribution in [0.2, 0.25) is 0 Å². The molecule has 14 heavy (non-hydrogen) atoms. The number of hydrogen-bond acceptors (Lipinski definition) is 3. The van der Waals surface area contributed by atoms with Crippen LogP contribution in [0.25, 0.3) is 0 Å². The quantitative estimate of drug-likeness (QED) is 0.704. The molecule has 0 radical (unpaired) electrons. The summed E-state index contributed by atoms with van der Waals surface area (Å²) in [5.41, 5.74) is 1.62. The summed E-state index contributed by atoms with van der Waals surface area (Å²) < 4.78 is 0. The molecule has 0 saturated carbocycles. The van der Waals surface area contributed by atoms with Crippen LogP contribution >= 0.6 is 11.6 Å². The Bertz CT molecular complexity index is 312. The molecule has 0 atom stereocenters. The predicted octanol–water partition coefficient (Wildman–Crippen LogP) is 0.982. The van der Waals surface area contributed by atoms with Crippen LogP contribution in [0, 0.1) is 6.92 Å². The zero-order chi connectivity index (χ0) is 10.6. The number of hydrogen-bond donors (Lipinski definition) is 0. The van der Waals surface area contributed by atoms with E-state index >= 15 is 0 Å². The highest BCUT2D eigenvalue weighted by molar-refractivity contribution is 6.27. The van der Waals surface area contributed by atoms with Crippen LogP contribution in [0.5, 0.6) is 0 Å². The van der Waals surface area contributed by atoms with Crippen LogP contribution in [0.4, 0.5) is 0 Å². The molecule has 0 spiro atoms. The highest BCUT2D eigenvalue weighted by atomic mass is 35.5. The van der Waals surface area contributed by atoms with E-state index in [-0.39, 0.29) is 11.8 Å². The molecule has 0 aromatic carbocycles. The number of amides is 1. The van der Waals surface area contributed by atoms with Gasteiger partial charge in [-0.25, -0.2) is 0 Å². The molecular formula is C9H12ClN3O. The van der Waals surface area contributed by atoms with Crippen molar-refractivity contribution >= 4 is 17.5 Å². The van der Waals surface area contributed by atoms with Gasteiger partial charge in [-0.1, -0.05) is 0 Å². The summed E-state index contributed by atoms with van der Waals surface area (Å²) in [6.45, 7) is 2.31. The number of rotatable bonds is 3. The third kappa shape index (κ3) is 2.96. The first kappa shape index (κ1) is 10.9. The fourth-order valence-corrected chi connectivity index (χ4v) is 1.14. The van der Waals surface area contributed by atoms with Gasteiger partial charge in [0.05, 0.1) is 24.1 Å². The molecule has 0 unspecified atom stereocenters. The summed E-state index contributed by atoms with van der Waals surface area (Å²) in [4.78, 5) is 20.9. The van der Waals surface area contributed by atoms with E-state index in [1.54, 1.807) is 19.4 Å². The minimum Gasteiger partial charge on any atom is -0.339 e. The Morgan fingerprint density at radius 3 is 2.71 bits per heavy atom. The maximum atomic E-state index is 11.1. The average molecular weight is 214 g/mol. The minimum absolute atomic E-state index is 0.00418. The van der Waals surface area contributed by atoms with Gasteiger partial charge in [-0.3, -0.25) is 14.8 Å². The normalized spacial score (nSPS) is 9.93. The first-order chi connectivity index (χ1) is 6.63. The van der Waals surface area contributed by atoms with Crippen molar-refractivity contribution in [3.8, 4) is 0 Å². The summed E-state index contributed by atoms with van der Waals surface area (Å²) in [6.07, 6.45) is 3.34. The first-order valence-corrected chi connectivity index (χ1v) is 4.74. The third-order valence-corrected chi connectivity index (χ3v) is 2.00. The minimum atomic E-state index is -0.117. The van der Waals surface area contributed by atoms with Crippen LogP contribution in [0.1, 0.15) is 11.4 Å². The summed E-state index contributed by atoms with van der Waals surface area (Å²) in [5, 5.41) is 0. The molecule has 76 valence electrons. The number of aromatic nitrogens is 2. The maximum Gasteiger partial charge on any atom is 0.237 e. The van der Waals surface area contributed by atoms with Gasteiger partial charge >= 0.3 is 0 Å². The SMILES string of the molecule is Cc1cnc(CN(C)C(=O)CCl)cn1. The lowest BCUT2D eigenvalue weighted by Gasteiger charge is -2.14. The molecular weight excluding hydrogens is 202 g/mol. The molecule has 1 aromatic heterocycles. The van der Waals surface area contributed by atoms with E-state index in [4.69, 9.17) is 11.6 Å². The summed E-state index contributed by atoms with van der Waals surface area (Å²) in [6, 6.07) is 0. The second-order valence-electron chi connectivity index (χ2n) is 3.03. The standard InChI is InChI=1S/C9H12ClN3O/c1-7-4-12-8(5-11-7)6-13(2)9(14)3-10/h4-5H,3,6H2,1-2H3. The molecule has 0 saturated heterocycles. The molecule has 1 heterocycles. The predicted molar refractivity (Wildman–Crippen MR) is 54.0 cm³/mol. The van der Waals surface area contributed by atoms with Gasteiger partial charge in [-0.05, 0) is 6.92 Å². The first-order valence-electron chi connectivity index (χ1n) is 4.21. The van der Waals surface area contributed by atoms with E-state index in [2.05, 4.69) is 9.97 Å². The van der Waals surface area contributed by atoms with Gasteiger partial charge < -0.3 is 4.90 Å². The molecule has 0 N–H and O–H groups in total. The summed E-state index contributed by atoms with van der Waals surface area (Å²) >= 11 is 5.41. The Morgan fingerprint density at radius 1 is 1.50 bits per heavy atom. The fraction of sp³-hybridized carbons (Fsp3) is 0.444. The molecule has 0 aliphatic carbocycles. The van der Waals surface area contributed by atoms with Crippen molar-refractivity contribution < 1.29 is 4.79 Å². The number of carbonyl (C=O) groups is 1. The molecule has 0 fully saturated rings. The number of aryl methyl sites for hydroxylation is 1. The van der Waals surface area contributed by atoms with E-state index in [0.717, 1.165) is 11.4 Å². The van der Waals surface area contributed by atoms with Crippen molar-refractivity contribution in [3.05, 3.63) is 23.8 Å². The Labute approximate surface area is 87.9 Å². The molecule has 0 bridgehead atoms. The molecule has 4 nitrogen and oxygen atoms in total. The van der Waals surface area contributed by atoms with Gasteiger partial charge in [-0.15, -0.1) is 11.6 Å². The van der Waals surface area contributed by atoms with Gasteiger partial charge in [0.15, 0.2) is 0 Å². The van der Waals surface area contributed by atoms with Crippen molar-refractivity contribution in [2.24, 2.45) is 0 Å². The molecule has 1 amide bonds. The number of nitrogens with zero attached hydrogens (tertiary/aromatic N) is 3. The van der Waals surface area contributed by atoms with Crippen molar-refractivity contribution in [1.82, 2.24) is 14.9 Å². The van der Waals surface area contributed by atoms with Crippen LogP contribution in [0.15, 0.2) is 12.4 Å². The van der Waals surface area contributed by atoms with Crippen LogP contribution in [-0.4, -0.2) is 33.7 Å². The molecule has 0 aliphatic rings. The zero-order valence-corrected chi connectivity index (χ0v) is 8.95. The Hall–Kier alpha value is -1.16. The van der Waals surface area contributed by atoms with Crippen LogP contribution in [-0.2, 0) is 11.3 Å². The Kier molecular flexibility index (Phi) is 3.83. The lowest BCUT2D eigenvalue weighted by molar-refractivity contribution is -0.127. The van der Waals surface area contributed by atoms with Crippen molar-refractivity contribution in [3.63, 3.8) is 0 Å². The van der Waals surface area contributed by atoms with E-state index in [0.29, 0.717) is 6.54 Å². The maximum absolute atomic E-state index is 11.1. The lowest BCUT2D eigenvalue weighted by Crippen LogP contribution is -2.27. The molecule has 5 heteroatoms. The second kappa shape index (κ2) is 4.91. The van der Waals surface area contributed by atoms with Gasteiger partial charge in [0, 0.05) is 13.2 Å². The van der Waals surface area contributed by atoms with E-state index < -0.39 is 0 Å². The lowest BCUT2D eigenvalue weighted by atomic mass is 10.4. The summed E-state index contributed by atoms with van der Waals surface area (Å²) in [5.74, 6) is -0.121. The van der Waals surface area contributed by atoms with E-state index in [9.17, 15) is 4.79 Å². The topological polar surface area (TPSA) is 46.1 Å². The van der Waals surface area contributed by atoms with Gasteiger partial charge in [0.2, 0.25) is 5.91 Å². The van der Waals surface area contributed by atoms with Crippen molar-refractivity contribution in [1.29, 1.82) is 0 Å². The molecule has 0 aliphatic heterocycles. The average Bonchev–Trinajstić information content (AvgIpc) is 2.20. The van der Waals surface area contributed by atoms with Crippen LogP contribution < -0.4 is 0 Å². The monoisotopic (exact) mass is 213 g/mol. The zero-order valence-electron chi connectivity index (χ0n) is 8.20. The Morgan fingerprint density at radius 2 is 2.21 bits per heavy atom. The fourth-order valence-electron chi connectivity index (χ4n) is 0.934. The highest BCUT2D eigenvalue weighted by Gasteiger charge is 2.07. The van der Waals surface area contributed by atoms with Gasteiger partial charge in [0.1, 0.15) is 5.88 Å². The Balaban J connectivity index is 2.60. The number of alkyl halides is 1. The van der Waals surface area contributed by atoms with Crippen molar-refractivity contribution in [2.75, 3.05) is 12.9 Å². The molecule has 1 aromatic rings. The number of halogens is 1. The molecule has 1 rings (SSSR count). The number of carbonyl (C=O) groups excluding carboxylic acids is 1. The van der Waals surface area contributed by atoms with E-state index in [1.807, 2.05) is 6.92 Å². The smallest absolute Gasteiger partial charge is 0.237 e. The highest BCUT2D eigenvalue weighted by Crippen LogP contribution is 1.99. The van der Waals surface area contributed by atoms with Crippen LogP contribution in [0.3, 0.4) is 0 Å². The van der Waals surface area contributed by atoms with Gasteiger partial charge in [0.25, 0.3) is 0 Å². The second-order valence-corrected chi connectivity index (χ2v) is 3.30. The largest absolute Gasteiger partial charge is 0.339 e. The summed E-state index contributed by atoms with van der Waals surface area (Å²) in [7, 11) is 1.69.